The van der Waals surface area contributed by atoms with Gasteiger partial charge in [0.05, 0.1) is 5.39 Å². The van der Waals surface area contributed by atoms with E-state index in [9.17, 15) is 4.79 Å². The molecule has 2 aromatic heterocycles. The zero-order chi connectivity index (χ0) is 11.1. The molecule has 84 valence electrons. The molecule has 0 atom stereocenters. The third-order valence-electron chi connectivity index (χ3n) is 3.14. The molecule has 0 fully saturated rings. The van der Waals surface area contributed by atoms with Gasteiger partial charge in [0.1, 0.15) is 0 Å². The maximum absolute atomic E-state index is 12.2. The van der Waals surface area contributed by atoms with Crippen molar-refractivity contribution < 1.29 is 0 Å². The highest BCUT2D eigenvalue weighted by molar-refractivity contribution is 7.18. The summed E-state index contributed by atoms with van der Waals surface area (Å²) in [5, 5.41) is 8.91. The molecule has 1 aliphatic carbocycles. The molecule has 0 aromatic carbocycles. The third kappa shape index (κ3) is 1.31. The Kier molecular flexibility index (Phi) is 2.28. The van der Waals surface area contributed by atoms with Crippen LogP contribution in [0.5, 0.6) is 0 Å². The van der Waals surface area contributed by atoms with Gasteiger partial charge in [-0.25, -0.2) is 4.68 Å². The largest absolute Gasteiger partial charge is 0.278 e. The summed E-state index contributed by atoms with van der Waals surface area (Å²) in [5.41, 5.74) is 1.28. The number of hydrogen-bond donors (Lipinski definition) is 0. The summed E-state index contributed by atoms with van der Waals surface area (Å²) in [6.07, 6.45) is 4.55. The van der Waals surface area contributed by atoms with Gasteiger partial charge in [-0.3, -0.25) is 4.79 Å². The smallest absolute Gasteiger partial charge is 0.267 e. The van der Waals surface area contributed by atoms with E-state index >= 15 is 0 Å². The fraction of sp³-hybridized carbons (Fsp3) is 0.545. The van der Waals surface area contributed by atoms with Crippen LogP contribution in [-0.4, -0.2) is 15.0 Å². The Morgan fingerprint density at radius 3 is 3.00 bits per heavy atom. The van der Waals surface area contributed by atoms with Crippen LogP contribution in [-0.2, 0) is 19.4 Å². The lowest BCUT2D eigenvalue weighted by Gasteiger charge is -2.09. The van der Waals surface area contributed by atoms with E-state index in [1.807, 2.05) is 6.92 Å². The molecule has 2 heterocycles. The molecule has 0 saturated heterocycles. The number of rotatable bonds is 1. The number of nitrogens with zero attached hydrogens (tertiary/aromatic N) is 3. The van der Waals surface area contributed by atoms with Gasteiger partial charge >= 0.3 is 0 Å². The minimum absolute atomic E-state index is 0.0342. The van der Waals surface area contributed by atoms with Crippen molar-refractivity contribution in [1.82, 2.24) is 15.0 Å². The fourth-order valence-corrected chi connectivity index (χ4v) is 3.51. The first-order valence-electron chi connectivity index (χ1n) is 5.69. The zero-order valence-corrected chi connectivity index (χ0v) is 10.0. The van der Waals surface area contributed by atoms with Gasteiger partial charge in [-0.1, -0.05) is 5.21 Å². The average Bonchev–Trinajstić information content (AvgIpc) is 2.68. The maximum Gasteiger partial charge on any atom is 0.278 e. The Balaban J connectivity index is 2.37. The van der Waals surface area contributed by atoms with Gasteiger partial charge in [-0.2, -0.15) is 0 Å². The second-order valence-corrected chi connectivity index (χ2v) is 5.19. The van der Waals surface area contributed by atoms with E-state index in [1.54, 1.807) is 11.3 Å². The summed E-state index contributed by atoms with van der Waals surface area (Å²) in [6.45, 7) is 2.51. The Morgan fingerprint density at radius 2 is 2.19 bits per heavy atom. The van der Waals surface area contributed by atoms with Crippen LogP contribution in [0.3, 0.4) is 0 Å². The molecule has 0 N–H and O–H groups in total. The monoisotopic (exact) mass is 235 g/mol. The van der Waals surface area contributed by atoms with Crippen molar-refractivity contribution >= 4 is 21.6 Å². The number of hydrogen-bond acceptors (Lipinski definition) is 4. The molecule has 5 heteroatoms. The molecular weight excluding hydrogens is 222 g/mol. The van der Waals surface area contributed by atoms with E-state index in [4.69, 9.17) is 0 Å². The van der Waals surface area contributed by atoms with Crippen molar-refractivity contribution in [2.75, 3.05) is 0 Å². The maximum atomic E-state index is 12.2. The highest BCUT2D eigenvalue weighted by atomic mass is 32.1. The zero-order valence-electron chi connectivity index (χ0n) is 9.19. The third-order valence-corrected chi connectivity index (χ3v) is 4.32. The second kappa shape index (κ2) is 3.66. The number of aromatic nitrogens is 3. The lowest BCUT2D eigenvalue weighted by atomic mass is 9.97. The number of fused-ring (bicyclic) bond motifs is 3. The molecule has 0 radical (unpaired) electrons. The van der Waals surface area contributed by atoms with Gasteiger partial charge in [0.25, 0.3) is 5.56 Å². The first-order chi connectivity index (χ1) is 7.81. The molecule has 1 aliphatic rings. The highest BCUT2D eigenvalue weighted by Gasteiger charge is 2.20. The van der Waals surface area contributed by atoms with Crippen LogP contribution >= 0.6 is 11.3 Å². The van der Waals surface area contributed by atoms with Gasteiger partial charge in [0, 0.05) is 11.4 Å². The van der Waals surface area contributed by atoms with Crippen molar-refractivity contribution in [1.29, 1.82) is 0 Å². The van der Waals surface area contributed by atoms with E-state index in [1.165, 1.54) is 28.0 Å². The van der Waals surface area contributed by atoms with Gasteiger partial charge < -0.3 is 0 Å². The van der Waals surface area contributed by atoms with Crippen LogP contribution in [0.15, 0.2) is 4.79 Å². The molecule has 16 heavy (non-hydrogen) atoms. The molecule has 0 amide bonds. The lowest BCUT2D eigenvalue weighted by molar-refractivity contribution is 0.581. The summed E-state index contributed by atoms with van der Waals surface area (Å²) >= 11 is 1.65. The first kappa shape index (κ1) is 9.96. The van der Waals surface area contributed by atoms with E-state index in [-0.39, 0.29) is 5.56 Å². The summed E-state index contributed by atoms with van der Waals surface area (Å²) in [4.78, 5) is 14.3. The van der Waals surface area contributed by atoms with Gasteiger partial charge in [-0.05, 0) is 38.2 Å². The number of thiophene rings is 1. The van der Waals surface area contributed by atoms with Crippen LogP contribution in [0.4, 0.5) is 0 Å². The second-order valence-electron chi connectivity index (χ2n) is 4.10. The molecule has 0 spiro atoms. The van der Waals surface area contributed by atoms with Gasteiger partial charge in [0.15, 0.2) is 4.83 Å². The van der Waals surface area contributed by atoms with E-state index in [2.05, 4.69) is 10.3 Å². The Labute approximate surface area is 96.9 Å². The summed E-state index contributed by atoms with van der Waals surface area (Å²) < 4.78 is 1.45. The Morgan fingerprint density at radius 1 is 1.38 bits per heavy atom. The van der Waals surface area contributed by atoms with E-state index < -0.39 is 0 Å². The normalized spacial score (nSPS) is 15.3. The quantitative estimate of drug-likeness (QED) is 0.756. The lowest BCUT2D eigenvalue weighted by Crippen LogP contribution is -2.23. The Hall–Kier alpha value is -1.23. The average molecular weight is 235 g/mol. The van der Waals surface area contributed by atoms with Crippen molar-refractivity contribution in [3.63, 3.8) is 0 Å². The topological polar surface area (TPSA) is 47.8 Å². The van der Waals surface area contributed by atoms with Crippen molar-refractivity contribution in [3.8, 4) is 0 Å². The SMILES string of the molecule is CCn1nnc2sc3c(c2c1=O)CCCC3. The molecular formula is C11H13N3OS. The first-order valence-corrected chi connectivity index (χ1v) is 6.51. The minimum atomic E-state index is 0.0342. The van der Waals surface area contributed by atoms with E-state index in [0.29, 0.717) is 6.54 Å². The predicted molar refractivity (Wildman–Crippen MR) is 64.0 cm³/mol. The van der Waals surface area contributed by atoms with Gasteiger partial charge in [0.2, 0.25) is 0 Å². The highest BCUT2D eigenvalue weighted by Crippen LogP contribution is 2.32. The van der Waals surface area contributed by atoms with Crippen LogP contribution < -0.4 is 5.56 Å². The van der Waals surface area contributed by atoms with Crippen LogP contribution in [0.25, 0.3) is 10.2 Å². The molecule has 0 unspecified atom stereocenters. The molecule has 3 rings (SSSR count). The van der Waals surface area contributed by atoms with Crippen molar-refractivity contribution in [2.24, 2.45) is 0 Å². The molecule has 4 nitrogen and oxygen atoms in total. The van der Waals surface area contributed by atoms with Crippen molar-refractivity contribution in [2.45, 2.75) is 39.2 Å². The fourth-order valence-electron chi connectivity index (χ4n) is 2.31. The minimum Gasteiger partial charge on any atom is -0.267 e. The van der Waals surface area contributed by atoms with Crippen LogP contribution in [0, 0.1) is 0 Å². The van der Waals surface area contributed by atoms with Crippen LogP contribution in [0.2, 0.25) is 0 Å². The Bertz CT molecular complexity index is 599. The van der Waals surface area contributed by atoms with Crippen molar-refractivity contribution in [3.05, 3.63) is 20.8 Å². The van der Waals surface area contributed by atoms with Gasteiger partial charge in [-0.15, -0.1) is 16.4 Å². The summed E-state index contributed by atoms with van der Waals surface area (Å²) in [6, 6.07) is 0. The summed E-state index contributed by atoms with van der Waals surface area (Å²) in [7, 11) is 0. The number of aryl methyl sites for hydroxylation is 3. The molecule has 2 aromatic rings. The molecule has 0 bridgehead atoms. The summed E-state index contributed by atoms with van der Waals surface area (Å²) in [5.74, 6) is 0. The molecule has 0 aliphatic heterocycles. The van der Waals surface area contributed by atoms with Crippen LogP contribution in [0.1, 0.15) is 30.2 Å². The standard InChI is InChI=1S/C11H13N3OS/c1-2-14-11(15)9-7-5-3-4-6-8(7)16-10(9)12-13-14/h2-6H2,1H3. The molecule has 0 saturated carbocycles. The van der Waals surface area contributed by atoms with E-state index in [0.717, 1.165) is 23.1 Å². The predicted octanol–water partition coefficient (Wildman–Crippen LogP) is 1.75.